The van der Waals surface area contributed by atoms with Crippen molar-refractivity contribution in [2.45, 2.75) is 39.8 Å². The highest BCUT2D eigenvalue weighted by atomic mass is 15.1. The number of nitrogens with zero attached hydrogens (tertiary/aromatic N) is 4. The fraction of sp³-hybridized carbons (Fsp3) is 0.182. The maximum atomic E-state index is 5.05. The third-order valence-corrected chi connectivity index (χ3v) is 6.30. The van der Waals surface area contributed by atoms with Gasteiger partial charge in [-0.2, -0.15) is 0 Å². The van der Waals surface area contributed by atoms with E-state index in [2.05, 4.69) is 86.1 Å². The van der Waals surface area contributed by atoms with Crippen molar-refractivity contribution in [1.29, 1.82) is 0 Å². The lowest BCUT2D eigenvalue weighted by Gasteiger charge is -2.19. The first kappa shape index (κ1) is 25.8. The predicted molar refractivity (Wildman–Crippen MR) is 161 cm³/mol. The largest absolute Gasteiger partial charge is 0.320 e. The Hall–Kier alpha value is -4.31. The molecular weight excluding hydrogens is 452 g/mol. The van der Waals surface area contributed by atoms with E-state index >= 15 is 0 Å². The van der Waals surface area contributed by atoms with Gasteiger partial charge in [-0.05, 0) is 36.8 Å². The number of allylic oxidation sites excluding steroid dienone is 3. The average molecular weight is 487 g/mol. The highest BCUT2D eigenvalue weighted by Crippen LogP contribution is 2.33. The Bertz CT molecular complexity index is 1550. The van der Waals surface area contributed by atoms with Gasteiger partial charge in [0.15, 0.2) is 11.7 Å². The van der Waals surface area contributed by atoms with Crippen molar-refractivity contribution in [3.8, 4) is 0 Å². The molecule has 0 unspecified atom stereocenters. The Morgan fingerprint density at radius 1 is 0.919 bits per heavy atom. The summed E-state index contributed by atoms with van der Waals surface area (Å²) in [5, 5.41) is 2.43. The van der Waals surface area contributed by atoms with Crippen molar-refractivity contribution in [3.05, 3.63) is 120 Å². The Morgan fingerprint density at radius 3 is 2.30 bits per heavy atom. The second-order valence-electron chi connectivity index (χ2n) is 9.87. The zero-order valence-electron chi connectivity index (χ0n) is 22.1. The van der Waals surface area contributed by atoms with E-state index in [1.807, 2.05) is 55.5 Å². The van der Waals surface area contributed by atoms with Crippen LogP contribution in [0.3, 0.4) is 0 Å². The molecule has 0 spiro atoms. The minimum atomic E-state index is 0.0419. The predicted octanol–water partition coefficient (Wildman–Crippen LogP) is 8.28. The Morgan fingerprint density at radius 2 is 1.62 bits per heavy atom. The van der Waals surface area contributed by atoms with Crippen LogP contribution in [0.15, 0.2) is 124 Å². The smallest absolute Gasteiger partial charge is 0.161 e. The summed E-state index contributed by atoms with van der Waals surface area (Å²) in [6.45, 7) is 16.8. The highest BCUT2D eigenvalue weighted by molar-refractivity contribution is 6.13. The van der Waals surface area contributed by atoms with Crippen LogP contribution < -0.4 is 0 Å². The van der Waals surface area contributed by atoms with Crippen LogP contribution in [-0.2, 0) is 12.1 Å². The lowest BCUT2D eigenvalue weighted by molar-refractivity contribution is 0.590. The summed E-state index contributed by atoms with van der Waals surface area (Å²) in [6, 6.07) is 25.1. The maximum Gasteiger partial charge on any atom is 0.161 e. The van der Waals surface area contributed by atoms with Gasteiger partial charge < -0.3 is 4.57 Å². The topological polar surface area (TPSA) is 42.0 Å². The first-order chi connectivity index (χ1) is 17.9. The quantitative estimate of drug-likeness (QED) is 0.149. The molecule has 0 saturated carbocycles. The molecule has 0 bridgehead atoms. The summed E-state index contributed by atoms with van der Waals surface area (Å²) in [7, 11) is 0. The molecule has 1 heterocycles. The molecule has 37 heavy (non-hydrogen) atoms. The van der Waals surface area contributed by atoms with Gasteiger partial charge in [0.25, 0.3) is 0 Å². The number of amidine groups is 2. The van der Waals surface area contributed by atoms with Crippen molar-refractivity contribution in [2.24, 2.45) is 15.0 Å². The van der Waals surface area contributed by atoms with Gasteiger partial charge in [-0.3, -0.25) is 0 Å². The zero-order valence-corrected chi connectivity index (χ0v) is 22.1. The first-order valence-corrected chi connectivity index (χ1v) is 12.5. The molecular formula is C33H34N4. The number of benzene rings is 3. The van der Waals surface area contributed by atoms with Crippen molar-refractivity contribution >= 4 is 40.2 Å². The fourth-order valence-corrected chi connectivity index (χ4v) is 4.39. The molecule has 1 aromatic heterocycles. The van der Waals surface area contributed by atoms with Crippen molar-refractivity contribution < 1.29 is 0 Å². The van der Waals surface area contributed by atoms with Crippen LogP contribution in [0, 0.1) is 0 Å². The van der Waals surface area contributed by atoms with Crippen LogP contribution in [0.5, 0.6) is 0 Å². The molecule has 0 aliphatic rings. The summed E-state index contributed by atoms with van der Waals surface area (Å²) in [6.07, 6.45) is 7.62. The Kier molecular flexibility index (Phi) is 7.78. The monoisotopic (exact) mass is 486 g/mol. The molecule has 4 nitrogen and oxygen atoms in total. The van der Waals surface area contributed by atoms with Gasteiger partial charge in [0.05, 0.1) is 11.0 Å². The zero-order chi connectivity index (χ0) is 26.4. The number of aliphatic imine (C=N–C) groups is 3. The second kappa shape index (κ2) is 11.2. The van der Waals surface area contributed by atoms with E-state index in [-0.39, 0.29) is 5.41 Å². The van der Waals surface area contributed by atoms with E-state index in [1.165, 1.54) is 16.3 Å². The van der Waals surface area contributed by atoms with Crippen LogP contribution in [0.25, 0.3) is 21.8 Å². The van der Waals surface area contributed by atoms with Crippen molar-refractivity contribution in [1.82, 2.24) is 4.57 Å². The molecule has 186 valence electrons. The SMILES string of the molecule is C=C/C=C(\C=C/C)C(/N=C(N=C)c1ccccc1)=N/Cn1c2ccccc2c2ccc(C(C)(C)C)cc21. The molecule has 0 radical (unpaired) electrons. The van der Waals surface area contributed by atoms with E-state index in [0.717, 1.165) is 22.2 Å². The number of hydrogen-bond donors (Lipinski definition) is 0. The lowest BCUT2D eigenvalue weighted by atomic mass is 9.86. The van der Waals surface area contributed by atoms with Gasteiger partial charge in [-0.25, -0.2) is 15.0 Å². The van der Waals surface area contributed by atoms with E-state index in [9.17, 15) is 0 Å². The van der Waals surface area contributed by atoms with E-state index in [0.29, 0.717) is 18.3 Å². The molecule has 4 rings (SSSR count). The van der Waals surface area contributed by atoms with Crippen molar-refractivity contribution in [2.75, 3.05) is 0 Å². The molecule has 0 atom stereocenters. The number of fused-ring (bicyclic) bond motifs is 3. The van der Waals surface area contributed by atoms with Gasteiger partial charge in [0.1, 0.15) is 6.67 Å². The molecule has 3 aromatic carbocycles. The number of para-hydroxylation sites is 1. The van der Waals surface area contributed by atoms with Crippen LogP contribution in [0.1, 0.15) is 38.8 Å². The third-order valence-electron chi connectivity index (χ3n) is 6.30. The van der Waals surface area contributed by atoms with E-state index in [1.54, 1.807) is 6.08 Å². The van der Waals surface area contributed by atoms with Gasteiger partial charge in [0.2, 0.25) is 0 Å². The number of rotatable bonds is 6. The summed E-state index contributed by atoms with van der Waals surface area (Å²) < 4.78 is 2.26. The molecule has 0 N–H and O–H groups in total. The minimum absolute atomic E-state index is 0.0419. The molecule has 4 heteroatoms. The number of hydrogen-bond acceptors (Lipinski definition) is 1. The van der Waals surface area contributed by atoms with E-state index in [4.69, 9.17) is 9.98 Å². The van der Waals surface area contributed by atoms with Gasteiger partial charge in [-0.1, -0.05) is 112 Å². The van der Waals surface area contributed by atoms with Crippen LogP contribution in [-0.4, -0.2) is 23.0 Å². The Labute approximate surface area is 219 Å². The summed E-state index contributed by atoms with van der Waals surface area (Å²) >= 11 is 0. The highest BCUT2D eigenvalue weighted by Gasteiger charge is 2.17. The second-order valence-corrected chi connectivity index (χ2v) is 9.87. The molecule has 0 saturated heterocycles. The van der Waals surface area contributed by atoms with Gasteiger partial charge in [-0.15, -0.1) is 0 Å². The van der Waals surface area contributed by atoms with Crippen LogP contribution in [0.4, 0.5) is 0 Å². The summed E-state index contributed by atoms with van der Waals surface area (Å²) in [4.78, 5) is 14.1. The Balaban J connectivity index is 1.92. The normalized spacial score (nSPS) is 13.6. The maximum absolute atomic E-state index is 5.05. The first-order valence-electron chi connectivity index (χ1n) is 12.5. The molecule has 0 amide bonds. The van der Waals surface area contributed by atoms with Gasteiger partial charge >= 0.3 is 0 Å². The van der Waals surface area contributed by atoms with Crippen LogP contribution in [0.2, 0.25) is 0 Å². The van der Waals surface area contributed by atoms with Gasteiger partial charge in [0, 0.05) is 21.9 Å². The summed E-state index contributed by atoms with van der Waals surface area (Å²) in [5.74, 6) is 1.10. The minimum Gasteiger partial charge on any atom is -0.320 e. The van der Waals surface area contributed by atoms with Crippen molar-refractivity contribution in [3.63, 3.8) is 0 Å². The fourth-order valence-electron chi connectivity index (χ4n) is 4.39. The lowest BCUT2D eigenvalue weighted by Crippen LogP contribution is -2.11. The average Bonchev–Trinajstić information content (AvgIpc) is 3.22. The molecule has 0 fully saturated rings. The standard InChI is InChI=1S/C33H34N4/c1-7-14-24(15-8-2)32(36-31(34-6)25-16-10-9-11-17-25)35-23-37-29-19-13-12-18-27(29)28-21-20-26(22-30(28)37)33(3,4)5/h7-22H,1,6,23H2,2-5H3/b15-8-,24-14+,35-32-,36-31?. The van der Waals surface area contributed by atoms with E-state index < -0.39 is 0 Å². The third kappa shape index (κ3) is 5.59. The number of aromatic nitrogens is 1. The van der Waals surface area contributed by atoms with Crippen LogP contribution >= 0.6 is 0 Å². The molecule has 0 aliphatic heterocycles. The molecule has 4 aromatic rings. The summed E-state index contributed by atoms with van der Waals surface area (Å²) in [5.41, 5.74) is 5.36. The molecule has 0 aliphatic carbocycles.